The molecule has 0 fully saturated rings. The van der Waals surface area contributed by atoms with Crippen molar-refractivity contribution in [2.75, 3.05) is 31.2 Å². The topological polar surface area (TPSA) is 58.4 Å². The van der Waals surface area contributed by atoms with Crippen LogP contribution >= 0.6 is 0 Å². The van der Waals surface area contributed by atoms with E-state index in [4.69, 9.17) is 5.73 Å². The van der Waals surface area contributed by atoms with E-state index in [1.807, 2.05) is 42.3 Å². The quantitative estimate of drug-likeness (QED) is 0.800. The molecule has 110 valence electrons. The van der Waals surface area contributed by atoms with Crippen molar-refractivity contribution in [3.63, 3.8) is 0 Å². The predicted octanol–water partition coefficient (Wildman–Crippen LogP) is 2.38. The van der Waals surface area contributed by atoms with Crippen molar-refractivity contribution in [3.8, 4) is 0 Å². The lowest BCUT2D eigenvalue weighted by Crippen LogP contribution is -2.31. The van der Waals surface area contributed by atoms with Gasteiger partial charge in [-0.15, -0.1) is 0 Å². The lowest BCUT2D eigenvalue weighted by molar-refractivity contribution is -0.117. The van der Waals surface area contributed by atoms with Gasteiger partial charge in [0.25, 0.3) is 0 Å². The Morgan fingerprint density at radius 2 is 1.76 bits per heavy atom. The Balaban J connectivity index is 1.78. The summed E-state index contributed by atoms with van der Waals surface area (Å²) in [7, 11) is 1.94. The number of nitrogens with one attached hydrogen (secondary N) is 1. The molecule has 0 heterocycles. The predicted molar refractivity (Wildman–Crippen MR) is 87.1 cm³/mol. The van der Waals surface area contributed by atoms with E-state index in [-0.39, 0.29) is 5.91 Å². The number of benzene rings is 2. The van der Waals surface area contributed by atoms with Gasteiger partial charge in [0, 0.05) is 6.54 Å². The van der Waals surface area contributed by atoms with Gasteiger partial charge in [-0.3, -0.25) is 9.69 Å². The van der Waals surface area contributed by atoms with E-state index < -0.39 is 0 Å². The number of para-hydroxylation sites is 2. The Morgan fingerprint density at radius 3 is 2.48 bits per heavy atom. The zero-order valence-corrected chi connectivity index (χ0v) is 12.3. The van der Waals surface area contributed by atoms with Crippen LogP contribution in [0.25, 0.3) is 0 Å². The molecule has 0 aliphatic heterocycles. The minimum atomic E-state index is -0.0524. The Kier molecular flexibility index (Phi) is 5.35. The van der Waals surface area contributed by atoms with Crippen LogP contribution in [0.5, 0.6) is 0 Å². The van der Waals surface area contributed by atoms with Gasteiger partial charge in [0.1, 0.15) is 0 Å². The Hall–Kier alpha value is -2.33. The van der Waals surface area contributed by atoms with E-state index in [9.17, 15) is 4.79 Å². The highest BCUT2D eigenvalue weighted by atomic mass is 16.2. The number of nitrogens with zero attached hydrogens (tertiary/aromatic N) is 1. The lowest BCUT2D eigenvalue weighted by atomic mass is 10.1. The fourth-order valence-electron chi connectivity index (χ4n) is 2.09. The average Bonchev–Trinajstić information content (AvgIpc) is 2.48. The average molecular weight is 283 g/mol. The van der Waals surface area contributed by atoms with Crippen molar-refractivity contribution in [2.45, 2.75) is 6.42 Å². The molecule has 0 bridgehead atoms. The Bertz CT molecular complexity index is 584. The van der Waals surface area contributed by atoms with E-state index in [2.05, 4.69) is 17.4 Å². The van der Waals surface area contributed by atoms with E-state index >= 15 is 0 Å². The van der Waals surface area contributed by atoms with Gasteiger partial charge in [-0.05, 0) is 31.2 Å². The molecule has 0 aromatic heterocycles. The summed E-state index contributed by atoms with van der Waals surface area (Å²) in [6.45, 7) is 1.18. The molecule has 0 aliphatic carbocycles. The van der Waals surface area contributed by atoms with Crippen LogP contribution in [0.2, 0.25) is 0 Å². The van der Waals surface area contributed by atoms with Crippen molar-refractivity contribution in [1.29, 1.82) is 0 Å². The number of hydrogen-bond acceptors (Lipinski definition) is 3. The third-order valence-corrected chi connectivity index (χ3v) is 3.27. The van der Waals surface area contributed by atoms with Crippen LogP contribution in [0.3, 0.4) is 0 Å². The minimum Gasteiger partial charge on any atom is -0.397 e. The summed E-state index contributed by atoms with van der Waals surface area (Å²) in [5.41, 5.74) is 8.33. The van der Waals surface area contributed by atoms with Gasteiger partial charge in [-0.25, -0.2) is 0 Å². The molecule has 2 rings (SSSR count). The van der Waals surface area contributed by atoms with Crippen molar-refractivity contribution >= 4 is 17.3 Å². The molecule has 3 N–H and O–H groups in total. The van der Waals surface area contributed by atoms with Gasteiger partial charge in [0.05, 0.1) is 17.9 Å². The first-order valence-corrected chi connectivity index (χ1v) is 7.02. The number of amides is 1. The van der Waals surface area contributed by atoms with Gasteiger partial charge in [-0.2, -0.15) is 0 Å². The van der Waals surface area contributed by atoms with Crippen LogP contribution < -0.4 is 11.1 Å². The maximum absolute atomic E-state index is 12.0. The molecule has 0 aliphatic rings. The summed E-state index contributed by atoms with van der Waals surface area (Å²) < 4.78 is 0. The first-order valence-electron chi connectivity index (χ1n) is 7.02. The van der Waals surface area contributed by atoms with Crippen LogP contribution in [0.1, 0.15) is 5.56 Å². The third kappa shape index (κ3) is 4.93. The number of carbonyl (C=O) groups is 1. The normalized spacial score (nSPS) is 10.6. The first-order chi connectivity index (χ1) is 10.1. The van der Waals surface area contributed by atoms with Crippen molar-refractivity contribution in [2.24, 2.45) is 0 Å². The molecule has 0 spiro atoms. The molecule has 0 saturated carbocycles. The van der Waals surface area contributed by atoms with Crippen LogP contribution in [-0.2, 0) is 11.2 Å². The third-order valence-electron chi connectivity index (χ3n) is 3.27. The van der Waals surface area contributed by atoms with Crippen LogP contribution in [0.4, 0.5) is 11.4 Å². The highest BCUT2D eigenvalue weighted by Crippen LogP contribution is 2.16. The molecule has 1 amide bonds. The molecule has 0 radical (unpaired) electrons. The van der Waals surface area contributed by atoms with Crippen molar-refractivity contribution < 1.29 is 4.79 Å². The SMILES string of the molecule is CN(CCc1ccccc1)CC(=O)Nc1ccccc1N. The van der Waals surface area contributed by atoms with E-state index in [0.29, 0.717) is 17.9 Å². The fraction of sp³-hybridized carbons (Fsp3) is 0.235. The Labute approximate surface area is 125 Å². The Morgan fingerprint density at radius 1 is 1.10 bits per heavy atom. The second kappa shape index (κ2) is 7.45. The van der Waals surface area contributed by atoms with E-state index in [1.165, 1.54) is 5.56 Å². The summed E-state index contributed by atoms with van der Waals surface area (Å²) in [6, 6.07) is 17.5. The molecule has 0 atom stereocenters. The summed E-state index contributed by atoms with van der Waals surface area (Å²) in [4.78, 5) is 14.0. The van der Waals surface area contributed by atoms with Crippen LogP contribution in [0.15, 0.2) is 54.6 Å². The summed E-state index contributed by atoms with van der Waals surface area (Å²) in [6.07, 6.45) is 0.929. The van der Waals surface area contributed by atoms with Crippen molar-refractivity contribution in [1.82, 2.24) is 4.90 Å². The highest BCUT2D eigenvalue weighted by Gasteiger charge is 2.08. The summed E-state index contributed by atoms with van der Waals surface area (Å²) >= 11 is 0. The number of carbonyl (C=O) groups excluding carboxylic acids is 1. The molecule has 4 heteroatoms. The summed E-state index contributed by atoms with van der Waals surface area (Å²) in [5.74, 6) is -0.0524. The molecule has 4 nitrogen and oxygen atoms in total. The maximum Gasteiger partial charge on any atom is 0.238 e. The second-order valence-electron chi connectivity index (χ2n) is 5.11. The second-order valence-corrected chi connectivity index (χ2v) is 5.11. The first kappa shape index (κ1) is 15.1. The zero-order chi connectivity index (χ0) is 15.1. The number of hydrogen-bond donors (Lipinski definition) is 2. The standard InChI is InChI=1S/C17H21N3O/c1-20(12-11-14-7-3-2-4-8-14)13-17(21)19-16-10-6-5-9-15(16)18/h2-10H,11-13,18H2,1H3,(H,19,21). The van der Waals surface area contributed by atoms with Crippen molar-refractivity contribution in [3.05, 3.63) is 60.2 Å². The molecule has 0 saturated heterocycles. The molecule has 21 heavy (non-hydrogen) atoms. The van der Waals surface area contributed by atoms with Gasteiger partial charge < -0.3 is 11.1 Å². The van der Waals surface area contributed by atoms with Gasteiger partial charge in [-0.1, -0.05) is 42.5 Å². The number of nitrogens with two attached hydrogens (primary N) is 1. The van der Waals surface area contributed by atoms with Gasteiger partial charge >= 0.3 is 0 Å². The number of nitrogen functional groups attached to an aromatic ring is 1. The largest absolute Gasteiger partial charge is 0.397 e. The van der Waals surface area contributed by atoms with Gasteiger partial charge in [0.2, 0.25) is 5.91 Å². The van der Waals surface area contributed by atoms with Crippen LogP contribution in [-0.4, -0.2) is 30.9 Å². The molecular weight excluding hydrogens is 262 g/mol. The van der Waals surface area contributed by atoms with Crippen LogP contribution in [0, 0.1) is 0 Å². The summed E-state index contributed by atoms with van der Waals surface area (Å²) in [5, 5.41) is 2.83. The van der Waals surface area contributed by atoms with Gasteiger partial charge in [0.15, 0.2) is 0 Å². The fourth-order valence-corrected chi connectivity index (χ4v) is 2.09. The monoisotopic (exact) mass is 283 g/mol. The number of likely N-dealkylation sites (N-methyl/N-ethyl adjacent to an activating group) is 1. The zero-order valence-electron chi connectivity index (χ0n) is 12.3. The minimum absolute atomic E-state index is 0.0524. The van der Waals surface area contributed by atoms with E-state index in [0.717, 1.165) is 13.0 Å². The lowest BCUT2D eigenvalue weighted by Gasteiger charge is -2.16. The number of anilines is 2. The smallest absolute Gasteiger partial charge is 0.238 e. The van der Waals surface area contributed by atoms with E-state index in [1.54, 1.807) is 12.1 Å². The number of rotatable bonds is 6. The molecule has 2 aromatic rings. The molecule has 0 unspecified atom stereocenters. The molecular formula is C17H21N3O. The highest BCUT2D eigenvalue weighted by molar-refractivity contribution is 5.95. The molecule has 2 aromatic carbocycles. The maximum atomic E-state index is 12.0.